The number of benzene rings is 1. The van der Waals surface area contributed by atoms with Gasteiger partial charge < -0.3 is 25.0 Å². The highest BCUT2D eigenvalue weighted by Gasteiger charge is 2.22. The summed E-state index contributed by atoms with van der Waals surface area (Å²) in [6.45, 7) is 3.96. The van der Waals surface area contributed by atoms with Crippen LogP contribution in [0.25, 0.3) is 0 Å². The molecule has 0 aliphatic carbocycles. The number of aryl methyl sites for hydroxylation is 1. The Morgan fingerprint density at radius 3 is 2.97 bits per heavy atom. The van der Waals surface area contributed by atoms with Crippen molar-refractivity contribution in [1.82, 2.24) is 10.6 Å². The standard InChI is InChI=1S/C21H32N4O3.HI/c1-22-21(23-11-6-13-27-16-18-9-5-14-28-18)24-15-20(26)25-12-4-8-17-7-2-3-10-19(17)25;/h2-3,7,10,18H,4-6,8-9,11-16H2,1H3,(H2,22,23,24);1H. The summed E-state index contributed by atoms with van der Waals surface area (Å²) in [5, 5.41) is 6.35. The first-order chi connectivity index (χ1) is 13.8. The van der Waals surface area contributed by atoms with Crippen LogP contribution in [-0.4, -0.2) is 64.5 Å². The number of carbonyl (C=O) groups excluding carboxylic acids is 1. The number of amides is 1. The predicted octanol–water partition coefficient (Wildman–Crippen LogP) is 2.33. The number of hydrogen-bond donors (Lipinski definition) is 2. The van der Waals surface area contributed by atoms with E-state index >= 15 is 0 Å². The van der Waals surface area contributed by atoms with Gasteiger partial charge in [-0.3, -0.25) is 9.79 Å². The van der Waals surface area contributed by atoms with Crippen LogP contribution in [-0.2, 0) is 20.7 Å². The van der Waals surface area contributed by atoms with Gasteiger partial charge in [-0.2, -0.15) is 0 Å². The van der Waals surface area contributed by atoms with E-state index < -0.39 is 0 Å². The highest BCUT2D eigenvalue weighted by Crippen LogP contribution is 2.26. The lowest BCUT2D eigenvalue weighted by molar-refractivity contribution is -0.117. The maximum Gasteiger partial charge on any atom is 0.246 e. The second kappa shape index (κ2) is 13.0. The zero-order valence-electron chi connectivity index (χ0n) is 17.2. The monoisotopic (exact) mass is 516 g/mol. The number of fused-ring (bicyclic) bond motifs is 1. The first kappa shape index (κ1) is 23.9. The fourth-order valence-electron chi connectivity index (χ4n) is 3.64. The molecule has 162 valence electrons. The van der Waals surface area contributed by atoms with Crippen LogP contribution in [0.2, 0.25) is 0 Å². The number of ether oxygens (including phenoxy) is 2. The Morgan fingerprint density at radius 2 is 2.17 bits per heavy atom. The Hall–Kier alpha value is -1.39. The Kier molecular flexibility index (Phi) is 10.7. The molecule has 0 aromatic heterocycles. The smallest absolute Gasteiger partial charge is 0.246 e. The average Bonchev–Trinajstić information content (AvgIpc) is 3.25. The zero-order valence-corrected chi connectivity index (χ0v) is 19.5. The maximum absolute atomic E-state index is 12.7. The Balaban J connectivity index is 0.00000300. The van der Waals surface area contributed by atoms with Crippen molar-refractivity contribution in [1.29, 1.82) is 0 Å². The summed E-state index contributed by atoms with van der Waals surface area (Å²) in [4.78, 5) is 18.7. The summed E-state index contributed by atoms with van der Waals surface area (Å²) in [6, 6.07) is 8.14. The molecule has 0 saturated carbocycles. The number of guanidine groups is 1. The van der Waals surface area contributed by atoms with Crippen molar-refractivity contribution in [2.24, 2.45) is 4.99 Å². The second-order valence-corrected chi connectivity index (χ2v) is 7.19. The first-order valence-corrected chi connectivity index (χ1v) is 10.3. The molecule has 1 unspecified atom stereocenters. The highest BCUT2D eigenvalue weighted by molar-refractivity contribution is 14.0. The molecule has 2 aliphatic heterocycles. The Labute approximate surface area is 190 Å². The molecule has 3 rings (SSSR count). The molecule has 1 aromatic rings. The summed E-state index contributed by atoms with van der Waals surface area (Å²) < 4.78 is 11.2. The molecule has 0 radical (unpaired) electrons. The van der Waals surface area contributed by atoms with E-state index in [0.29, 0.717) is 19.2 Å². The van der Waals surface area contributed by atoms with E-state index in [0.717, 1.165) is 57.5 Å². The van der Waals surface area contributed by atoms with Gasteiger partial charge in [0.05, 0.1) is 19.3 Å². The molecule has 1 atom stereocenters. The van der Waals surface area contributed by atoms with Crippen LogP contribution in [0, 0.1) is 0 Å². The lowest BCUT2D eigenvalue weighted by Crippen LogP contribution is -2.46. The second-order valence-electron chi connectivity index (χ2n) is 7.19. The van der Waals surface area contributed by atoms with Gasteiger partial charge in [-0.25, -0.2) is 0 Å². The van der Waals surface area contributed by atoms with Crippen molar-refractivity contribution in [3.05, 3.63) is 29.8 Å². The molecule has 7 nitrogen and oxygen atoms in total. The summed E-state index contributed by atoms with van der Waals surface area (Å²) in [7, 11) is 1.71. The third-order valence-electron chi connectivity index (χ3n) is 5.13. The van der Waals surface area contributed by atoms with Crippen molar-refractivity contribution in [3.8, 4) is 0 Å². The topological polar surface area (TPSA) is 75.2 Å². The number of anilines is 1. The minimum atomic E-state index is 0. The molecule has 8 heteroatoms. The van der Waals surface area contributed by atoms with Gasteiger partial charge >= 0.3 is 0 Å². The third kappa shape index (κ3) is 7.42. The molecule has 2 aliphatic rings. The fourth-order valence-corrected chi connectivity index (χ4v) is 3.64. The summed E-state index contributed by atoms with van der Waals surface area (Å²) in [5.74, 6) is 0.702. The molecule has 1 aromatic carbocycles. The number of para-hydroxylation sites is 1. The van der Waals surface area contributed by atoms with Crippen LogP contribution in [0.5, 0.6) is 0 Å². The maximum atomic E-state index is 12.7. The van der Waals surface area contributed by atoms with Crippen molar-refractivity contribution in [2.45, 2.75) is 38.2 Å². The molecular formula is C21H33IN4O3. The lowest BCUT2D eigenvalue weighted by Gasteiger charge is -2.29. The van der Waals surface area contributed by atoms with Crippen molar-refractivity contribution in [2.75, 3.05) is 51.4 Å². The summed E-state index contributed by atoms with van der Waals surface area (Å²) >= 11 is 0. The van der Waals surface area contributed by atoms with Crippen LogP contribution in [0.3, 0.4) is 0 Å². The van der Waals surface area contributed by atoms with Gasteiger partial charge in [0.1, 0.15) is 0 Å². The average molecular weight is 516 g/mol. The van der Waals surface area contributed by atoms with Crippen LogP contribution in [0.4, 0.5) is 5.69 Å². The number of hydrogen-bond acceptors (Lipinski definition) is 4. The van der Waals surface area contributed by atoms with Gasteiger partial charge in [-0.15, -0.1) is 24.0 Å². The molecule has 29 heavy (non-hydrogen) atoms. The molecule has 0 bridgehead atoms. The van der Waals surface area contributed by atoms with Gasteiger partial charge in [0.2, 0.25) is 5.91 Å². The number of halogens is 1. The van der Waals surface area contributed by atoms with Crippen LogP contribution >= 0.6 is 24.0 Å². The van der Waals surface area contributed by atoms with E-state index in [1.165, 1.54) is 5.56 Å². The molecule has 2 heterocycles. The quantitative estimate of drug-likeness (QED) is 0.240. The third-order valence-corrected chi connectivity index (χ3v) is 5.13. The summed E-state index contributed by atoms with van der Waals surface area (Å²) in [6.07, 6.45) is 5.42. The number of carbonyl (C=O) groups is 1. The highest BCUT2D eigenvalue weighted by atomic mass is 127. The molecule has 0 spiro atoms. The number of nitrogens with zero attached hydrogens (tertiary/aromatic N) is 2. The molecule has 1 amide bonds. The number of aliphatic imine (C=N–C) groups is 1. The van der Waals surface area contributed by atoms with E-state index in [-0.39, 0.29) is 42.5 Å². The van der Waals surface area contributed by atoms with Crippen LogP contribution in [0.15, 0.2) is 29.3 Å². The van der Waals surface area contributed by atoms with E-state index in [9.17, 15) is 4.79 Å². The van der Waals surface area contributed by atoms with Crippen molar-refractivity contribution < 1.29 is 14.3 Å². The van der Waals surface area contributed by atoms with Gasteiger partial charge in [-0.05, 0) is 43.7 Å². The summed E-state index contributed by atoms with van der Waals surface area (Å²) in [5.41, 5.74) is 2.28. The van der Waals surface area contributed by atoms with E-state index in [2.05, 4.69) is 21.7 Å². The van der Waals surface area contributed by atoms with Crippen LogP contribution in [0.1, 0.15) is 31.2 Å². The predicted molar refractivity (Wildman–Crippen MR) is 126 cm³/mol. The van der Waals surface area contributed by atoms with E-state index in [1.54, 1.807) is 7.05 Å². The Bertz CT molecular complexity index is 665. The minimum Gasteiger partial charge on any atom is -0.379 e. The molecule has 1 saturated heterocycles. The lowest BCUT2D eigenvalue weighted by atomic mass is 10.0. The van der Waals surface area contributed by atoms with E-state index in [4.69, 9.17) is 9.47 Å². The van der Waals surface area contributed by atoms with Crippen molar-refractivity contribution >= 4 is 41.5 Å². The zero-order chi connectivity index (χ0) is 19.6. The van der Waals surface area contributed by atoms with Gasteiger partial charge in [0, 0.05) is 39.0 Å². The molecule has 2 N–H and O–H groups in total. The first-order valence-electron chi connectivity index (χ1n) is 10.3. The fraction of sp³-hybridized carbons (Fsp3) is 0.619. The minimum absolute atomic E-state index is 0. The number of nitrogens with one attached hydrogen (secondary N) is 2. The molecular weight excluding hydrogens is 483 g/mol. The normalized spacial score (nSPS) is 18.7. The van der Waals surface area contributed by atoms with Gasteiger partial charge in [-0.1, -0.05) is 18.2 Å². The number of rotatable bonds is 8. The van der Waals surface area contributed by atoms with E-state index in [1.807, 2.05) is 23.1 Å². The SMILES string of the molecule is CN=C(NCCCOCC1CCCO1)NCC(=O)N1CCCc2ccccc21.I. The van der Waals surface area contributed by atoms with Gasteiger partial charge in [0.25, 0.3) is 0 Å². The van der Waals surface area contributed by atoms with Crippen molar-refractivity contribution in [3.63, 3.8) is 0 Å². The van der Waals surface area contributed by atoms with Crippen LogP contribution < -0.4 is 15.5 Å². The largest absolute Gasteiger partial charge is 0.379 e. The molecule has 1 fully saturated rings. The van der Waals surface area contributed by atoms with Gasteiger partial charge in [0.15, 0.2) is 5.96 Å². The Morgan fingerprint density at radius 1 is 1.31 bits per heavy atom.